The second-order valence-corrected chi connectivity index (χ2v) is 5.12. The molecule has 94 valence electrons. The summed E-state index contributed by atoms with van der Waals surface area (Å²) >= 11 is 9.40. The lowest BCUT2D eigenvalue weighted by Crippen LogP contribution is -2.35. The maximum Gasteiger partial charge on any atom is 0.224 e. The highest BCUT2D eigenvalue weighted by Crippen LogP contribution is 2.15. The molecule has 0 saturated heterocycles. The molecule has 1 atom stereocenters. The number of hydrogen-bond acceptors (Lipinski definition) is 1. The summed E-state index contributed by atoms with van der Waals surface area (Å²) in [6.07, 6.45) is 2.24. The number of rotatable bonds is 6. The van der Waals surface area contributed by atoms with E-state index in [9.17, 15) is 4.79 Å². The SMILES string of the molecule is CCC(CCBr)NC(=O)Cc1ccccc1Cl. The molecule has 0 aliphatic carbocycles. The van der Waals surface area contributed by atoms with Gasteiger partial charge in [-0.05, 0) is 24.5 Å². The maximum atomic E-state index is 11.8. The highest BCUT2D eigenvalue weighted by atomic mass is 79.9. The van der Waals surface area contributed by atoms with Gasteiger partial charge in [0, 0.05) is 16.4 Å². The zero-order valence-corrected chi connectivity index (χ0v) is 12.2. The van der Waals surface area contributed by atoms with Crippen LogP contribution in [-0.2, 0) is 11.2 Å². The number of nitrogens with one attached hydrogen (secondary N) is 1. The van der Waals surface area contributed by atoms with Gasteiger partial charge in [0.15, 0.2) is 0 Å². The van der Waals surface area contributed by atoms with Gasteiger partial charge in [0.25, 0.3) is 0 Å². The molecule has 1 aromatic rings. The third-order valence-corrected chi connectivity index (χ3v) is 3.45. The Morgan fingerprint density at radius 2 is 2.18 bits per heavy atom. The minimum Gasteiger partial charge on any atom is -0.353 e. The number of benzene rings is 1. The van der Waals surface area contributed by atoms with Crippen molar-refractivity contribution in [3.63, 3.8) is 0 Å². The molecule has 0 aliphatic heterocycles. The predicted molar refractivity (Wildman–Crippen MR) is 75.8 cm³/mol. The summed E-state index contributed by atoms with van der Waals surface area (Å²) in [7, 11) is 0. The molecule has 1 aromatic carbocycles. The Kier molecular flexibility index (Phi) is 6.60. The van der Waals surface area contributed by atoms with Crippen LogP contribution in [0.5, 0.6) is 0 Å². The van der Waals surface area contributed by atoms with Crippen molar-refractivity contribution in [1.29, 1.82) is 0 Å². The standard InChI is InChI=1S/C13H17BrClNO/c1-2-11(7-8-14)16-13(17)9-10-5-3-4-6-12(10)15/h3-6,11H,2,7-9H2,1H3,(H,16,17). The number of halogens is 2. The van der Waals surface area contributed by atoms with E-state index in [1.165, 1.54) is 0 Å². The summed E-state index contributed by atoms with van der Waals surface area (Å²) in [6, 6.07) is 7.69. The average molecular weight is 319 g/mol. The number of hydrogen-bond donors (Lipinski definition) is 1. The normalized spacial score (nSPS) is 12.2. The molecule has 1 unspecified atom stereocenters. The van der Waals surface area contributed by atoms with Crippen LogP contribution in [0.2, 0.25) is 5.02 Å². The smallest absolute Gasteiger partial charge is 0.224 e. The predicted octanol–water partition coefficient (Wildman–Crippen LogP) is 3.56. The summed E-state index contributed by atoms with van der Waals surface area (Å²) in [5.41, 5.74) is 0.875. The average Bonchev–Trinajstić information content (AvgIpc) is 2.31. The Labute approximate surface area is 116 Å². The van der Waals surface area contributed by atoms with Gasteiger partial charge in [0.2, 0.25) is 5.91 Å². The van der Waals surface area contributed by atoms with Crippen molar-refractivity contribution in [2.75, 3.05) is 5.33 Å². The van der Waals surface area contributed by atoms with E-state index in [2.05, 4.69) is 28.2 Å². The first kappa shape index (κ1) is 14.5. The van der Waals surface area contributed by atoms with E-state index in [1.54, 1.807) is 6.07 Å². The van der Waals surface area contributed by atoms with Crippen LogP contribution >= 0.6 is 27.5 Å². The largest absolute Gasteiger partial charge is 0.353 e. The second kappa shape index (κ2) is 7.72. The van der Waals surface area contributed by atoms with Gasteiger partial charge in [-0.25, -0.2) is 0 Å². The van der Waals surface area contributed by atoms with Crippen LogP contribution in [0.25, 0.3) is 0 Å². The molecule has 17 heavy (non-hydrogen) atoms. The molecule has 0 aliphatic rings. The molecular weight excluding hydrogens is 302 g/mol. The lowest BCUT2D eigenvalue weighted by molar-refractivity contribution is -0.121. The summed E-state index contributed by atoms with van der Waals surface area (Å²) in [4.78, 5) is 11.8. The van der Waals surface area contributed by atoms with E-state index in [4.69, 9.17) is 11.6 Å². The van der Waals surface area contributed by atoms with Crippen LogP contribution in [0, 0.1) is 0 Å². The minimum atomic E-state index is 0.0332. The lowest BCUT2D eigenvalue weighted by Gasteiger charge is -2.15. The number of carbonyl (C=O) groups is 1. The molecule has 0 radical (unpaired) electrons. The van der Waals surface area contributed by atoms with Gasteiger partial charge in [0.05, 0.1) is 6.42 Å². The molecule has 2 nitrogen and oxygen atoms in total. The number of carbonyl (C=O) groups excluding carboxylic acids is 1. The highest BCUT2D eigenvalue weighted by Gasteiger charge is 2.11. The second-order valence-electron chi connectivity index (χ2n) is 3.92. The zero-order chi connectivity index (χ0) is 12.7. The van der Waals surface area contributed by atoms with Crippen molar-refractivity contribution in [3.8, 4) is 0 Å². The Morgan fingerprint density at radius 1 is 1.47 bits per heavy atom. The van der Waals surface area contributed by atoms with E-state index in [-0.39, 0.29) is 11.9 Å². The fraction of sp³-hybridized carbons (Fsp3) is 0.462. The third kappa shape index (κ3) is 5.09. The maximum absolute atomic E-state index is 11.8. The van der Waals surface area contributed by atoms with Crippen molar-refractivity contribution in [1.82, 2.24) is 5.32 Å². The Morgan fingerprint density at radius 3 is 2.76 bits per heavy atom. The molecular formula is C13H17BrClNO. The van der Waals surface area contributed by atoms with Gasteiger partial charge in [-0.2, -0.15) is 0 Å². The highest BCUT2D eigenvalue weighted by molar-refractivity contribution is 9.09. The molecule has 0 fully saturated rings. The van der Waals surface area contributed by atoms with E-state index < -0.39 is 0 Å². The van der Waals surface area contributed by atoms with Crippen LogP contribution in [-0.4, -0.2) is 17.3 Å². The first-order valence-electron chi connectivity index (χ1n) is 5.76. The molecule has 1 rings (SSSR count). The first-order chi connectivity index (χ1) is 8.17. The van der Waals surface area contributed by atoms with Crippen molar-refractivity contribution in [2.45, 2.75) is 32.2 Å². The quantitative estimate of drug-likeness (QED) is 0.798. The Bertz CT molecular complexity index is 370. The van der Waals surface area contributed by atoms with Crippen LogP contribution in [0.3, 0.4) is 0 Å². The summed E-state index contributed by atoms with van der Waals surface area (Å²) < 4.78 is 0. The van der Waals surface area contributed by atoms with E-state index in [0.717, 1.165) is 23.7 Å². The number of amides is 1. The fourth-order valence-corrected chi connectivity index (χ4v) is 2.36. The van der Waals surface area contributed by atoms with Gasteiger partial charge in [-0.3, -0.25) is 4.79 Å². The van der Waals surface area contributed by atoms with Gasteiger partial charge in [0.1, 0.15) is 0 Å². The molecule has 0 saturated carbocycles. The van der Waals surface area contributed by atoms with Gasteiger partial charge in [-0.15, -0.1) is 0 Å². The summed E-state index contributed by atoms with van der Waals surface area (Å²) in [6.45, 7) is 2.07. The topological polar surface area (TPSA) is 29.1 Å². The van der Waals surface area contributed by atoms with Gasteiger partial charge < -0.3 is 5.32 Å². The molecule has 0 aromatic heterocycles. The van der Waals surface area contributed by atoms with Gasteiger partial charge in [-0.1, -0.05) is 52.7 Å². The minimum absolute atomic E-state index is 0.0332. The zero-order valence-electron chi connectivity index (χ0n) is 9.88. The van der Waals surface area contributed by atoms with Gasteiger partial charge >= 0.3 is 0 Å². The molecule has 4 heteroatoms. The lowest BCUT2D eigenvalue weighted by atomic mass is 10.1. The van der Waals surface area contributed by atoms with Crippen LogP contribution in [0.4, 0.5) is 0 Å². The molecule has 0 heterocycles. The van der Waals surface area contributed by atoms with E-state index in [0.29, 0.717) is 11.4 Å². The van der Waals surface area contributed by atoms with Crippen molar-refractivity contribution in [3.05, 3.63) is 34.9 Å². The Hall–Kier alpha value is -0.540. The van der Waals surface area contributed by atoms with Crippen LogP contribution in [0.1, 0.15) is 25.3 Å². The molecule has 0 spiro atoms. The van der Waals surface area contributed by atoms with Crippen molar-refractivity contribution < 1.29 is 4.79 Å². The van der Waals surface area contributed by atoms with Crippen LogP contribution in [0.15, 0.2) is 24.3 Å². The van der Waals surface area contributed by atoms with E-state index in [1.807, 2.05) is 18.2 Å². The summed E-state index contributed by atoms with van der Waals surface area (Å²) in [5.74, 6) is 0.0332. The van der Waals surface area contributed by atoms with E-state index >= 15 is 0 Å². The monoisotopic (exact) mass is 317 g/mol. The van der Waals surface area contributed by atoms with Crippen LogP contribution < -0.4 is 5.32 Å². The fourth-order valence-electron chi connectivity index (χ4n) is 1.60. The van der Waals surface area contributed by atoms with Crippen molar-refractivity contribution in [2.24, 2.45) is 0 Å². The van der Waals surface area contributed by atoms with Crippen molar-refractivity contribution >= 4 is 33.4 Å². The number of alkyl halides is 1. The molecule has 0 bridgehead atoms. The first-order valence-corrected chi connectivity index (χ1v) is 7.26. The Balaban J connectivity index is 2.52. The third-order valence-electron chi connectivity index (χ3n) is 2.62. The molecule has 1 amide bonds. The molecule has 1 N–H and O–H groups in total. The summed E-state index contributed by atoms with van der Waals surface area (Å²) in [5, 5.41) is 4.57.